The van der Waals surface area contributed by atoms with Crippen LogP contribution in [0.25, 0.3) is 0 Å². The molecular weight excluding hydrogens is 344 g/mol. The van der Waals surface area contributed by atoms with Crippen LogP contribution in [0.2, 0.25) is 0 Å². The number of carbonyl (C=O) groups excluding carboxylic acids is 1. The molecule has 122 valence electrons. The minimum Gasteiger partial charge on any atom is -0.356 e. The Morgan fingerprint density at radius 3 is 2.45 bits per heavy atom. The second kappa shape index (κ2) is 10.2. The third-order valence-electron chi connectivity index (χ3n) is 3.26. The minimum absolute atomic E-state index is 0.0467. The lowest BCUT2D eigenvalue weighted by Gasteiger charge is -2.16. The van der Waals surface area contributed by atoms with Crippen LogP contribution in [-0.4, -0.2) is 38.0 Å². The molecule has 1 amide bonds. The molecule has 5 nitrogen and oxygen atoms in total. The summed E-state index contributed by atoms with van der Waals surface area (Å²) in [5, 5.41) is 9.44. The molecule has 1 atom stereocenters. The summed E-state index contributed by atoms with van der Waals surface area (Å²) in [5.74, 6) is 0.753. The maximum atomic E-state index is 11.9. The van der Waals surface area contributed by atoms with E-state index < -0.39 is 0 Å². The van der Waals surface area contributed by atoms with Crippen LogP contribution in [0.3, 0.4) is 0 Å². The van der Waals surface area contributed by atoms with Gasteiger partial charge in [-0.25, -0.2) is 0 Å². The van der Waals surface area contributed by atoms with Crippen molar-refractivity contribution in [1.82, 2.24) is 16.0 Å². The molecule has 0 bridgehead atoms. The molecule has 1 aromatic carbocycles. The second-order valence-corrected chi connectivity index (χ2v) is 5.98. The van der Waals surface area contributed by atoms with Crippen molar-refractivity contribution in [2.45, 2.75) is 32.7 Å². The van der Waals surface area contributed by atoms with Gasteiger partial charge >= 0.3 is 0 Å². The fourth-order valence-electron chi connectivity index (χ4n) is 1.73. The molecule has 1 aromatic rings. The minimum atomic E-state index is -0.0467. The number of carbonyl (C=O) groups is 1. The van der Waals surface area contributed by atoms with Gasteiger partial charge in [0.2, 0.25) is 0 Å². The van der Waals surface area contributed by atoms with Crippen LogP contribution in [0.4, 0.5) is 0 Å². The van der Waals surface area contributed by atoms with E-state index >= 15 is 0 Å². The van der Waals surface area contributed by atoms with E-state index in [1.54, 1.807) is 19.2 Å². The number of rotatable bonds is 7. The van der Waals surface area contributed by atoms with Gasteiger partial charge in [0, 0.05) is 36.2 Å². The highest BCUT2D eigenvalue weighted by atomic mass is 79.9. The number of nitrogens with zero attached hydrogens (tertiary/aromatic N) is 1. The molecule has 0 aliphatic rings. The Kier molecular flexibility index (Phi) is 8.58. The van der Waals surface area contributed by atoms with E-state index in [1.807, 2.05) is 12.1 Å². The van der Waals surface area contributed by atoms with Gasteiger partial charge in [-0.3, -0.25) is 9.79 Å². The molecule has 0 spiro atoms. The number of hydrogen-bond acceptors (Lipinski definition) is 2. The monoisotopic (exact) mass is 368 g/mol. The third kappa shape index (κ3) is 6.93. The topological polar surface area (TPSA) is 65.5 Å². The SMILES string of the molecule is CCC(C)NC(=NC)NCCCNC(=O)c1ccc(Br)cc1. The summed E-state index contributed by atoms with van der Waals surface area (Å²) < 4.78 is 0.966. The van der Waals surface area contributed by atoms with Gasteiger partial charge < -0.3 is 16.0 Å². The molecule has 1 unspecified atom stereocenters. The Balaban J connectivity index is 2.22. The maximum Gasteiger partial charge on any atom is 0.251 e. The summed E-state index contributed by atoms with van der Waals surface area (Å²) in [6, 6.07) is 7.72. The van der Waals surface area contributed by atoms with Gasteiger partial charge in [0.05, 0.1) is 0 Å². The lowest BCUT2D eigenvalue weighted by Crippen LogP contribution is -2.42. The number of aliphatic imine (C=N–C) groups is 1. The van der Waals surface area contributed by atoms with Crippen molar-refractivity contribution in [3.8, 4) is 0 Å². The van der Waals surface area contributed by atoms with Crippen LogP contribution >= 0.6 is 15.9 Å². The molecule has 0 saturated heterocycles. The van der Waals surface area contributed by atoms with Crippen molar-refractivity contribution in [1.29, 1.82) is 0 Å². The van der Waals surface area contributed by atoms with E-state index in [0.717, 1.165) is 29.8 Å². The van der Waals surface area contributed by atoms with E-state index in [4.69, 9.17) is 0 Å². The summed E-state index contributed by atoms with van der Waals surface area (Å²) >= 11 is 3.35. The van der Waals surface area contributed by atoms with Crippen LogP contribution in [0.15, 0.2) is 33.7 Å². The molecule has 1 rings (SSSR count). The van der Waals surface area contributed by atoms with Crippen molar-refractivity contribution in [3.05, 3.63) is 34.3 Å². The largest absolute Gasteiger partial charge is 0.356 e. The Morgan fingerprint density at radius 2 is 1.86 bits per heavy atom. The van der Waals surface area contributed by atoms with Crippen molar-refractivity contribution < 1.29 is 4.79 Å². The third-order valence-corrected chi connectivity index (χ3v) is 3.79. The summed E-state index contributed by atoms with van der Waals surface area (Å²) in [6.07, 6.45) is 1.88. The molecule has 0 radical (unpaired) electrons. The maximum absolute atomic E-state index is 11.9. The average Bonchev–Trinajstić information content (AvgIpc) is 2.53. The average molecular weight is 369 g/mol. The number of nitrogens with one attached hydrogen (secondary N) is 3. The predicted octanol–water partition coefficient (Wildman–Crippen LogP) is 2.53. The molecule has 0 aliphatic carbocycles. The first-order valence-corrected chi connectivity index (χ1v) is 8.37. The van der Waals surface area contributed by atoms with Gasteiger partial charge in [0.15, 0.2) is 5.96 Å². The first kappa shape index (κ1) is 18.5. The fourth-order valence-corrected chi connectivity index (χ4v) is 1.99. The summed E-state index contributed by atoms with van der Waals surface area (Å²) in [7, 11) is 1.76. The van der Waals surface area contributed by atoms with E-state index in [2.05, 4.69) is 50.7 Å². The van der Waals surface area contributed by atoms with Crippen molar-refractivity contribution in [3.63, 3.8) is 0 Å². The van der Waals surface area contributed by atoms with Crippen LogP contribution in [0.1, 0.15) is 37.0 Å². The van der Waals surface area contributed by atoms with E-state index in [9.17, 15) is 4.79 Å². The first-order valence-electron chi connectivity index (χ1n) is 7.57. The summed E-state index contributed by atoms with van der Waals surface area (Å²) in [4.78, 5) is 16.1. The standard InChI is InChI=1S/C16H25BrN4O/c1-4-12(2)21-16(18-3)20-11-5-10-19-15(22)13-6-8-14(17)9-7-13/h6-9,12H,4-5,10-11H2,1-3H3,(H,19,22)(H2,18,20,21). The zero-order chi connectivity index (χ0) is 16.4. The van der Waals surface area contributed by atoms with Gasteiger partial charge in [-0.15, -0.1) is 0 Å². The van der Waals surface area contributed by atoms with Gasteiger partial charge in [0.1, 0.15) is 0 Å². The molecule has 6 heteroatoms. The highest BCUT2D eigenvalue weighted by Gasteiger charge is 2.05. The van der Waals surface area contributed by atoms with Crippen LogP contribution in [0, 0.1) is 0 Å². The zero-order valence-corrected chi connectivity index (χ0v) is 15.0. The second-order valence-electron chi connectivity index (χ2n) is 5.07. The lowest BCUT2D eigenvalue weighted by molar-refractivity contribution is 0.0953. The number of amides is 1. The molecule has 0 fully saturated rings. The van der Waals surface area contributed by atoms with Crippen molar-refractivity contribution in [2.75, 3.05) is 20.1 Å². The highest BCUT2D eigenvalue weighted by molar-refractivity contribution is 9.10. The van der Waals surface area contributed by atoms with Crippen LogP contribution < -0.4 is 16.0 Å². The molecule has 0 aromatic heterocycles. The normalized spacial score (nSPS) is 12.6. The van der Waals surface area contributed by atoms with Gasteiger partial charge in [0.25, 0.3) is 5.91 Å². The van der Waals surface area contributed by atoms with Gasteiger partial charge in [-0.1, -0.05) is 22.9 Å². The molecule has 0 saturated carbocycles. The quantitative estimate of drug-likeness (QED) is 0.393. The Labute approximate surface area is 141 Å². The smallest absolute Gasteiger partial charge is 0.251 e. The van der Waals surface area contributed by atoms with Crippen molar-refractivity contribution >= 4 is 27.8 Å². The Morgan fingerprint density at radius 1 is 1.23 bits per heavy atom. The van der Waals surface area contributed by atoms with E-state index in [-0.39, 0.29) is 5.91 Å². The molecule has 22 heavy (non-hydrogen) atoms. The first-order chi connectivity index (χ1) is 10.6. The molecule has 3 N–H and O–H groups in total. The van der Waals surface area contributed by atoms with E-state index in [1.165, 1.54) is 0 Å². The summed E-state index contributed by atoms with van der Waals surface area (Å²) in [6.45, 7) is 5.63. The Hall–Kier alpha value is -1.56. The number of benzene rings is 1. The number of hydrogen-bond donors (Lipinski definition) is 3. The molecule has 0 heterocycles. The Bertz CT molecular complexity index is 487. The fraction of sp³-hybridized carbons (Fsp3) is 0.500. The predicted molar refractivity (Wildman–Crippen MR) is 95.3 cm³/mol. The number of halogens is 1. The molecular formula is C16H25BrN4O. The van der Waals surface area contributed by atoms with Crippen LogP contribution in [0.5, 0.6) is 0 Å². The molecule has 0 aliphatic heterocycles. The van der Waals surface area contributed by atoms with Crippen molar-refractivity contribution in [2.24, 2.45) is 4.99 Å². The zero-order valence-electron chi connectivity index (χ0n) is 13.4. The van der Waals surface area contributed by atoms with Crippen LogP contribution in [-0.2, 0) is 0 Å². The lowest BCUT2D eigenvalue weighted by atomic mass is 10.2. The van der Waals surface area contributed by atoms with E-state index in [0.29, 0.717) is 18.2 Å². The summed E-state index contributed by atoms with van der Waals surface area (Å²) in [5.41, 5.74) is 0.672. The van der Waals surface area contributed by atoms with Gasteiger partial charge in [-0.2, -0.15) is 0 Å². The van der Waals surface area contributed by atoms with Gasteiger partial charge in [-0.05, 0) is 44.0 Å². The highest BCUT2D eigenvalue weighted by Crippen LogP contribution is 2.10. The number of guanidine groups is 1.